The SMILES string of the molecule is O=C(CCCCCCCCC1CO1)OC(=O)CCCCCCCCC1CO1. The number of hydrogen-bond acceptors (Lipinski definition) is 5. The van der Waals surface area contributed by atoms with E-state index in [4.69, 9.17) is 14.2 Å². The van der Waals surface area contributed by atoms with Gasteiger partial charge in [0.25, 0.3) is 0 Å². The van der Waals surface area contributed by atoms with Crippen LogP contribution in [-0.4, -0.2) is 37.4 Å². The van der Waals surface area contributed by atoms with E-state index >= 15 is 0 Å². The van der Waals surface area contributed by atoms with Crippen molar-refractivity contribution in [2.45, 2.75) is 115 Å². The zero-order valence-corrected chi connectivity index (χ0v) is 16.9. The summed E-state index contributed by atoms with van der Waals surface area (Å²) in [4.78, 5) is 23.3. The average molecular weight is 383 g/mol. The Morgan fingerprint density at radius 3 is 1.30 bits per heavy atom. The number of carbonyl (C=O) groups excluding carboxylic acids is 2. The topological polar surface area (TPSA) is 68.4 Å². The van der Waals surface area contributed by atoms with E-state index in [2.05, 4.69) is 0 Å². The smallest absolute Gasteiger partial charge is 0.313 e. The predicted octanol–water partition coefficient (Wildman–Crippen LogP) is 5.10. The summed E-state index contributed by atoms with van der Waals surface area (Å²) in [6, 6.07) is 0. The molecule has 2 rings (SSSR count). The van der Waals surface area contributed by atoms with Gasteiger partial charge >= 0.3 is 11.9 Å². The van der Waals surface area contributed by atoms with Gasteiger partial charge in [-0.3, -0.25) is 9.59 Å². The summed E-state index contributed by atoms with van der Waals surface area (Å²) in [5, 5.41) is 0. The predicted molar refractivity (Wildman–Crippen MR) is 104 cm³/mol. The van der Waals surface area contributed by atoms with Crippen molar-refractivity contribution in [3.05, 3.63) is 0 Å². The molecule has 0 radical (unpaired) electrons. The molecule has 2 aliphatic rings. The molecule has 0 aliphatic carbocycles. The van der Waals surface area contributed by atoms with Gasteiger partial charge in [-0.25, -0.2) is 0 Å². The van der Waals surface area contributed by atoms with E-state index < -0.39 is 0 Å². The number of hydrogen-bond donors (Lipinski definition) is 0. The first-order valence-electron chi connectivity index (χ1n) is 11.2. The number of ether oxygens (including phenoxy) is 3. The second-order valence-electron chi connectivity index (χ2n) is 8.08. The second-order valence-corrected chi connectivity index (χ2v) is 8.08. The molecular formula is C22H38O5. The summed E-state index contributed by atoms with van der Waals surface area (Å²) in [7, 11) is 0. The van der Waals surface area contributed by atoms with E-state index in [1.807, 2.05) is 0 Å². The first-order valence-corrected chi connectivity index (χ1v) is 11.2. The highest BCUT2D eigenvalue weighted by Crippen LogP contribution is 2.19. The van der Waals surface area contributed by atoms with E-state index in [0.717, 1.165) is 51.7 Å². The highest BCUT2D eigenvalue weighted by molar-refractivity contribution is 5.85. The van der Waals surface area contributed by atoms with Crippen LogP contribution in [0.1, 0.15) is 103 Å². The molecule has 2 heterocycles. The van der Waals surface area contributed by atoms with Crippen molar-refractivity contribution in [1.29, 1.82) is 0 Å². The molecule has 5 nitrogen and oxygen atoms in total. The number of unbranched alkanes of at least 4 members (excludes halogenated alkanes) is 10. The van der Waals surface area contributed by atoms with Crippen LogP contribution in [-0.2, 0) is 23.8 Å². The van der Waals surface area contributed by atoms with Crippen molar-refractivity contribution in [3.63, 3.8) is 0 Å². The third-order valence-corrected chi connectivity index (χ3v) is 5.35. The maximum Gasteiger partial charge on any atom is 0.313 e. The number of rotatable bonds is 18. The summed E-state index contributed by atoms with van der Waals surface area (Å²) < 4.78 is 15.3. The molecule has 2 fully saturated rings. The third-order valence-electron chi connectivity index (χ3n) is 5.35. The Labute approximate surface area is 164 Å². The molecule has 0 bridgehead atoms. The van der Waals surface area contributed by atoms with E-state index in [0.29, 0.717) is 25.0 Å². The van der Waals surface area contributed by atoms with Crippen LogP contribution in [0.5, 0.6) is 0 Å². The van der Waals surface area contributed by atoms with E-state index in [9.17, 15) is 9.59 Å². The van der Waals surface area contributed by atoms with Gasteiger partial charge in [-0.2, -0.15) is 0 Å². The minimum Gasteiger partial charge on any atom is -0.393 e. The third kappa shape index (κ3) is 13.8. The summed E-state index contributed by atoms with van der Waals surface area (Å²) in [5.74, 6) is -0.707. The van der Waals surface area contributed by atoms with Gasteiger partial charge in [0.1, 0.15) is 0 Å². The highest BCUT2D eigenvalue weighted by atomic mass is 16.6. The van der Waals surface area contributed by atoms with Crippen LogP contribution in [0.4, 0.5) is 0 Å². The molecule has 0 aromatic heterocycles. The molecule has 156 valence electrons. The van der Waals surface area contributed by atoms with Gasteiger partial charge in [-0.1, -0.05) is 64.2 Å². The summed E-state index contributed by atoms with van der Waals surface area (Å²) in [5.41, 5.74) is 0. The van der Waals surface area contributed by atoms with Gasteiger partial charge in [0.15, 0.2) is 0 Å². The van der Waals surface area contributed by atoms with E-state index in [1.165, 1.54) is 51.4 Å². The first kappa shape index (κ1) is 22.4. The monoisotopic (exact) mass is 382 g/mol. The van der Waals surface area contributed by atoms with Crippen molar-refractivity contribution in [2.24, 2.45) is 0 Å². The normalized spacial score (nSPS) is 20.4. The first-order chi connectivity index (χ1) is 13.2. The number of esters is 2. The largest absolute Gasteiger partial charge is 0.393 e. The quantitative estimate of drug-likeness (QED) is 0.143. The molecule has 0 amide bonds. The van der Waals surface area contributed by atoms with Crippen molar-refractivity contribution >= 4 is 11.9 Å². The van der Waals surface area contributed by atoms with E-state index in [-0.39, 0.29) is 11.9 Å². The van der Waals surface area contributed by atoms with Crippen LogP contribution >= 0.6 is 0 Å². The minimum absolute atomic E-state index is 0.354. The van der Waals surface area contributed by atoms with Gasteiger partial charge in [0.2, 0.25) is 0 Å². The Hall–Kier alpha value is -0.940. The molecule has 2 atom stereocenters. The van der Waals surface area contributed by atoms with Crippen LogP contribution in [0.3, 0.4) is 0 Å². The molecule has 27 heavy (non-hydrogen) atoms. The number of epoxide rings is 2. The Morgan fingerprint density at radius 1 is 0.593 bits per heavy atom. The maximum absolute atomic E-state index is 11.7. The fourth-order valence-corrected chi connectivity index (χ4v) is 3.40. The van der Waals surface area contributed by atoms with Crippen LogP contribution in [0.25, 0.3) is 0 Å². The van der Waals surface area contributed by atoms with Crippen LogP contribution in [0.2, 0.25) is 0 Å². The Kier molecular flexibility index (Phi) is 11.7. The van der Waals surface area contributed by atoms with Gasteiger partial charge in [-0.05, 0) is 25.7 Å². The van der Waals surface area contributed by atoms with Gasteiger partial charge < -0.3 is 14.2 Å². The summed E-state index contributed by atoms with van der Waals surface area (Å²) in [6.07, 6.45) is 17.7. The van der Waals surface area contributed by atoms with Gasteiger partial charge in [0.05, 0.1) is 25.4 Å². The lowest BCUT2D eigenvalue weighted by molar-refractivity contribution is -0.159. The lowest BCUT2D eigenvalue weighted by Gasteiger charge is -2.04. The van der Waals surface area contributed by atoms with Crippen molar-refractivity contribution in [2.75, 3.05) is 13.2 Å². The van der Waals surface area contributed by atoms with Crippen LogP contribution in [0, 0.1) is 0 Å². The molecule has 2 aliphatic heterocycles. The minimum atomic E-state index is -0.354. The van der Waals surface area contributed by atoms with Gasteiger partial charge in [0, 0.05) is 12.8 Å². The van der Waals surface area contributed by atoms with Crippen LogP contribution in [0.15, 0.2) is 0 Å². The Morgan fingerprint density at radius 2 is 0.926 bits per heavy atom. The van der Waals surface area contributed by atoms with Crippen molar-refractivity contribution < 1.29 is 23.8 Å². The molecule has 2 unspecified atom stereocenters. The lowest BCUT2D eigenvalue weighted by Crippen LogP contribution is -2.11. The summed E-state index contributed by atoms with van der Waals surface area (Å²) >= 11 is 0. The Bertz CT molecular complexity index is 377. The molecular weight excluding hydrogens is 344 g/mol. The molecule has 0 spiro atoms. The molecule has 0 N–H and O–H groups in total. The highest BCUT2D eigenvalue weighted by Gasteiger charge is 2.21. The molecule has 5 heteroatoms. The lowest BCUT2D eigenvalue weighted by atomic mass is 10.1. The standard InChI is InChI=1S/C22H38O5/c23-21(15-11-7-3-1-5-9-13-19-17-25-19)27-22(24)16-12-8-4-2-6-10-14-20-18-26-20/h19-20H,1-18H2. The zero-order chi connectivity index (χ0) is 19.2. The van der Waals surface area contributed by atoms with Gasteiger partial charge in [-0.15, -0.1) is 0 Å². The molecule has 0 aromatic carbocycles. The number of carbonyl (C=O) groups is 2. The van der Waals surface area contributed by atoms with Crippen molar-refractivity contribution in [1.82, 2.24) is 0 Å². The van der Waals surface area contributed by atoms with E-state index in [1.54, 1.807) is 0 Å². The summed E-state index contributed by atoms with van der Waals surface area (Å²) in [6.45, 7) is 1.91. The zero-order valence-electron chi connectivity index (χ0n) is 16.9. The molecule has 2 saturated heterocycles. The Balaban J connectivity index is 1.27. The van der Waals surface area contributed by atoms with Crippen LogP contribution < -0.4 is 0 Å². The van der Waals surface area contributed by atoms with Crippen molar-refractivity contribution in [3.8, 4) is 0 Å². The molecule has 0 saturated carbocycles. The maximum atomic E-state index is 11.7. The average Bonchev–Trinajstić information content (AvgIpc) is 3.54. The fraction of sp³-hybridized carbons (Fsp3) is 0.909. The molecule has 0 aromatic rings. The second kappa shape index (κ2) is 14.1. The fourth-order valence-electron chi connectivity index (χ4n) is 3.40.